The van der Waals surface area contributed by atoms with Gasteiger partial charge in [0.15, 0.2) is 4.34 Å². The van der Waals surface area contributed by atoms with E-state index in [1.54, 1.807) is 29.8 Å². The van der Waals surface area contributed by atoms with E-state index in [1.807, 2.05) is 11.4 Å². The van der Waals surface area contributed by atoms with Gasteiger partial charge in [-0.1, -0.05) is 11.6 Å². The van der Waals surface area contributed by atoms with Crippen LogP contribution in [0.25, 0.3) is 10.9 Å². The summed E-state index contributed by atoms with van der Waals surface area (Å²) in [4.78, 5) is 7.26. The number of H-pyrrole nitrogens is 1. The number of nitrogens with zero attached hydrogens (tertiary/aromatic N) is 2. The fourth-order valence-electron chi connectivity index (χ4n) is 1.74. The second-order valence-corrected chi connectivity index (χ2v) is 6.02. The van der Waals surface area contributed by atoms with Crippen LogP contribution in [0.15, 0.2) is 34.2 Å². The minimum absolute atomic E-state index is 0.544. The second kappa shape index (κ2) is 5.13. The van der Waals surface area contributed by atoms with Crippen molar-refractivity contribution in [2.45, 2.75) is 4.34 Å². The number of benzene rings is 1. The van der Waals surface area contributed by atoms with E-state index in [0.29, 0.717) is 10.6 Å². The highest BCUT2D eigenvalue weighted by atomic mass is 35.5. The van der Waals surface area contributed by atoms with E-state index < -0.39 is 0 Å². The van der Waals surface area contributed by atoms with Crippen LogP contribution in [-0.4, -0.2) is 9.97 Å². The van der Waals surface area contributed by atoms with Gasteiger partial charge < -0.3 is 9.71 Å². The molecule has 0 bridgehead atoms. The molecule has 0 aliphatic rings. The van der Waals surface area contributed by atoms with Crippen molar-refractivity contribution >= 4 is 51.5 Å². The Morgan fingerprint density at radius 2 is 2.37 bits per heavy atom. The lowest BCUT2D eigenvalue weighted by atomic mass is 10.1. The fourth-order valence-corrected chi connectivity index (χ4v) is 3.32. The predicted octanol–water partition coefficient (Wildman–Crippen LogP) is 4.27. The summed E-state index contributed by atoms with van der Waals surface area (Å²) in [6, 6.07) is 5.79. The first-order valence-electron chi connectivity index (χ1n) is 5.31. The van der Waals surface area contributed by atoms with E-state index in [1.165, 1.54) is 11.9 Å². The van der Waals surface area contributed by atoms with Gasteiger partial charge in [0.25, 0.3) is 0 Å². The van der Waals surface area contributed by atoms with Crippen LogP contribution in [0.4, 0.5) is 5.69 Å². The van der Waals surface area contributed by atoms with Crippen LogP contribution >= 0.6 is 34.9 Å². The summed E-state index contributed by atoms with van der Waals surface area (Å²) in [5.41, 5.74) is 2.25. The Morgan fingerprint density at radius 1 is 1.47 bits per heavy atom. The van der Waals surface area contributed by atoms with E-state index in [0.717, 1.165) is 20.9 Å². The standard InChI is InChI=1S/C12H7ClN4S2/c13-8-1-2-9(17-19-12-15-3-4-18-12)11-10(8)7(5-14)6-16-11/h1-4,6,16-17H. The van der Waals surface area contributed by atoms with Crippen LogP contribution in [-0.2, 0) is 0 Å². The average Bonchev–Trinajstić information content (AvgIpc) is 3.07. The molecule has 1 aromatic carbocycles. The van der Waals surface area contributed by atoms with E-state index in [9.17, 15) is 0 Å². The third-order valence-corrected chi connectivity index (χ3v) is 4.58. The van der Waals surface area contributed by atoms with E-state index in [2.05, 4.69) is 20.8 Å². The number of fused-ring (bicyclic) bond motifs is 1. The third-order valence-electron chi connectivity index (χ3n) is 2.56. The fraction of sp³-hybridized carbons (Fsp3) is 0. The van der Waals surface area contributed by atoms with E-state index >= 15 is 0 Å². The van der Waals surface area contributed by atoms with Crippen molar-refractivity contribution in [3.05, 3.63) is 40.5 Å². The lowest BCUT2D eigenvalue weighted by molar-refractivity contribution is 1.25. The summed E-state index contributed by atoms with van der Waals surface area (Å²) in [5.74, 6) is 0. The Labute approximate surface area is 122 Å². The Balaban J connectivity index is 1.98. The van der Waals surface area contributed by atoms with Gasteiger partial charge in [0.2, 0.25) is 0 Å². The lowest BCUT2D eigenvalue weighted by Gasteiger charge is -2.05. The molecule has 0 unspecified atom stereocenters. The van der Waals surface area contributed by atoms with Gasteiger partial charge in [-0.05, 0) is 12.1 Å². The van der Waals surface area contributed by atoms with Crippen LogP contribution in [0.2, 0.25) is 5.02 Å². The van der Waals surface area contributed by atoms with Gasteiger partial charge in [0.1, 0.15) is 6.07 Å². The summed E-state index contributed by atoms with van der Waals surface area (Å²) < 4.78 is 4.15. The molecule has 0 saturated heterocycles. The molecule has 0 radical (unpaired) electrons. The van der Waals surface area contributed by atoms with Gasteiger partial charge in [-0.25, -0.2) is 4.98 Å². The maximum atomic E-state index is 9.06. The Hall–Kier alpha value is -1.68. The van der Waals surface area contributed by atoms with Crippen molar-refractivity contribution in [3.63, 3.8) is 0 Å². The van der Waals surface area contributed by atoms with Crippen molar-refractivity contribution in [2.24, 2.45) is 0 Å². The average molecular weight is 307 g/mol. The molecule has 19 heavy (non-hydrogen) atoms. The van der Waals surface area contributed by atoms with Crippen molar-refractivity contribution < 1.29 is 0 Å². The molecule has 2 N–H and O–H groups in total. The molecule has 0 fully saturated rings. The summed E-state index contributed by atoms with van der Waals surface area (Å²) in [6.07, 6.45) is 3.42. The summed E-state index contributed by atoms with van der Waals surface area (Å²) in [5, 5.41) is 12.3. The zero-order chi connectivity index (χ0) is 13.2. The third kappa shape index (κ3) is 2.28. The molecule has 0 aliphatic heterocycles. The van der Waals surface area contributed by atoms with Crippen LogP contribution in [0.3, 0.4) is 0 Å². The number of nitrogens with one attached hydrogen (secondary N) is 2. The van der Waals surface area contributed by atoms with Crippen LogP contribution in [0.5, 0.6) is 0 Å². The number of anilines is 1. The molecular formula is C12H7ClN4S2. The number of aromatic amines is 1. The monoisotopic (exact) mass is 306 g/mol. The smallest absolute Gasteiger partial charge is 0.170 e. The number of hydrogen-bond acceptors (Lipinski definition) is 5. The maximum absolute atomic E-state index is 9.06. The van der Waals surface area contributed by atoms with Gasteiger partial charge in [0.05, 0.1) is 21.8 Å². The first-order chi connectivity index (χ1) is 9.29. The summed E-state index contributed by atoms with van der Waals surface area (Å²) in [6.45, 7) is 0. The highest BCUT2D eigenvalue weighted by Gasteiger charge is 2.11. The number of rotatable bonds is 3. The van der Waals surface area contributed by atoms with E-state index in [-0.39, 0.29) is 0 Å². The Kier molecular flexibility index (Phi) is 3.34. The summed E-state index contributed by atoms with van der Waals surface area (Å²) in [7, 11) is 0. The van der Waals surface area contributed by atoms with Crippen molar-refractivity contribution in [1.29, 1.82) is 5.26 Å². The number of nitriles is 1. The molecule has 0 spiro atoms. The lowest BCUT2D eigenvalue weighted by Crippen LogP contribution is -1.88. The molecule has 2 heterocycles. The Bertz CT molecular complexity index is 758. The number of hydrogen-bond donors (Lipinski definition) is 2. The van der Waals surface area contributed by atoms with Crippen molar-refractivity contribution in [3.8, 4) is 6.07 Å². The van der Waals surface area contributed by atoms with Gasteiger partial charge in [-0.15, -0.1) is 11.3 Å². The van der Waals surface area contributed by atoms with Crippen molar-refractivity contribution in [2.75, 3.05) is 4.72 Å². The minimum atomic E-state index is 0.544. The van der Waals surface area contributed by atoms with Gasteiger partial charge in [-0.2, -0.15) is 5.26 Å². The Morgan fingerprint density at radius 3 is 3.11 bits per heavy atom. The van der Waals surface area contributed by atoms with Crippen LogP contribution < -0.4 is 4.72 Å². The number of thiazole rings is 1. The molecule has 3 rings (SSSR count). The first-order valence-corrected chi connectivity index (χ1v) is 7.39. The van der Waals surface area contributed by atoms with E-state index in [4.69, 9.17) is 16.9 Å². The quantitative estimate of drug-likeness (QED) is 0.709. The topological polar surface area (TPSA) is 64.5 Å². The van der Waals surface area contributed by atoms with Crippen LogP contribution in [0, 0.1) is 11.3 Å². The molecule has 94 valence electrons. The van der Waals surface area contributed by atoms with Crippen molar-refractivity contribution in [1.82, 2.24) is 9.97 Å². The summed E-state index contributed by atoms with van der Waals surface area (Å²) >= 11 is 9.13. The normalized spacial score (nSPS) is 10.5. The zero-order valence-electron chi connectivity index (χ0n) is 9.48. The van der Waals surface area contributed by atoms with Crippen LogP contribution in [0.1, 0.15) is 5.56 Å². The molecule has 0 saturated carbocycles. The van der Waals surface area contributed by atoms with Gasteiger partial charge in [0, 0.05) is 35.1 Å². The molecule has 2 aromatic heterocycles. The highest BCUT2D eigenvalue weighted by Crippen LogP contribution is 2.34. The molecule has 3 aromatic rings. The SMILES string of the molecule is N#Cc1c[nH]c2c(NSc3nccs3)ccc(Cl)c12. The predicted molar refractivity (Wildman–Crippen MR) is 79.6 cm³/mol. The van der Waals surface area contributed by atoms with Gasteiger partial charge >= 0.3 is 0 Å². The number of halogens is 1. The zero-order valence-corrected chi connectivity index (χ0v) is 11.9. The highest BCUT2D eigenvalue weighted by molar-refractivity contribution is 8.02. The largest absolute Gasteiger partial charge is 0.358 e. The minimum Gasteiger partial charge on any atom is -0.358 e. The molecule has 0 atom stereocenters. The number of aromatic nitrogens is 2. The maximum Gasteiger partial charge on any atom is 0.170 e. The molecule has 7 heteroatoms. The molecule has 0 aliphatic carbocycles. The first kappa shape index (κ1) is 12.4. The molecule has 4 nitrogen and oxygen atoms in total. The molecule has 0 amide bonds. The molecular weight excluding hydrogens is 300 g/mol. The van der Waals surface area contributed by atoms with Gasteiger partial charge in [-0.3, -0.25) is 0 Å². The second-order valence-electron chi connectivity index (χ2n) is 3.66.